The Bertz CT molecular complexity index is 858. The molecule has 2 aromatic rings. The quantitative estimate of drug-likeness (QED) is 0.791. The molecule has 0 aromatic heterocycles. The van der Waals surface area contributed by atoms with Crippen molar-refractivity contribution in [1.82, 2.24) is 10.4 Å². The maximum atomic E-state index is 12.5. The summed E-state index contributed by atoms with van der Waals surface area (Å²) in [5.74, 6) is -0.136. The Kier molecular flexibility index (Phi) is 4.81. The Morgan fingerprint density at radius 1 is 1.08 bits per heavy atom. The molecule has 2 aliphatic rings. The van der Waals surface area contributed by atoms with Gasteiger partial charge in [-0.3, -0.25) is 10.2 Å². The van der Waals surface area contributed by atoms with Gasteiger partial charge in [-0.25, -0.2) is 5.01 Å². The Morgan fingerprint density at radius 3 is 2.46 bits per heavy atom. The van der Waals surface area contributed by atoms with Gasteiger partial charge in [0, 0.05) is 0 Å². The van der Waals surface area contributed by atoms with Crippen LogP contribution < -0.4 is 5.43 Å². The van der Waals surface area contributed by atoms with Crippen molar-refractivity contribution < 1.29 is 4.79 Å². The van der Waals surface area contributed by atoms with Crippen LogP contribution in [0.3, 0.4) is 0 Å². The van der Waals surface area contributed by atoms with Crippen molar-refractivity contribution in [3.8, 4) is 0 Å². The van der Waals surface area contributed by atoms with E-state index in [1.54, 1.807) is 5.01 Å². The number of alkyl halides is 1. The zero-order chi connectivity index (χ0) is 17.9. The van der Waals surface area contributed by atoms with Gasteiger partial charge in [-0.1, -0.05) is 60.7 Å². The van der Waals surface area contributed by atoms with Crippen LogP contribution in [0.1, 0.15) is 36.4 Å². The number of hydrazine groups is 1. The fraction of sp³-hybridized carbons (Fsp3) is 0.227. The van der Waals surface area contributed by atoms with Crippen LogP contribution in [0.25, 0.3) is 6.08 Å². The molecular formula is C22H21ClN2O. The number of amides is 1. The molecule has 4 heteroatoms. The van der Waals surface area contributed by atoms with Gasteiger partial charge in [-0.15, -0.1) is 11.6 Å². The number of nitrogens with one attached hydrogen (secondary N) is 1. The Hall–Kier alpha value is -2.52. The summed E-state index contributed by atoms with van der Waals surface area (Å²) in [5, 5.41) is 1.71. The van der Waals surface area contributed by atoms with E-state index in [2.05, 4.69) is 35.8 Å². The number of benzene rings is 2. The standard InChI is InChI=1S/C22H21ClN2O/c23-15-20(26)25-22(17-10-5-2-6-11-17)19-13-7-12-18(21(19)24-25)14-16-8-3-1-4-9-16/h1-6,8-11,14,22,24H,7,12-13,15H2/b18-14-/t22-/m1/s1. The van der Waals surface area contributed by atoms with Crippen LogP contribution >= 0.6 is 11.6 Å². The van der Waals surface area contributed by atoms with Gasteiger partial charge in [-0.05, 0) is 47.6 Å². The van der Waals surface area contributed by atoms with Gasteiger partial charge in [-0.2, -0.15) is 0 Å². The second kappa shape index (κ2) is 7.38. The van der Waals surface area contributed by atoms with Crippen molar-refractivity contribution in [3.63, 3.8) is 0 Å². The minimum Gasteiger partial charge on any atom is -0.295 e. The predicted octanol–water partition coefficient (Wildman–Crippen LogP) is 4.83. The first-order chi connectivity index (χ1) is 12.8. The van der Waals surface area contributed by atoms with E-state index in [1.165, 1.54) is 16.7 Å². The van der Waals surface area contributed by atoms with Crippen LogP contribution in [0.5, 0.6) is 0 Å². The minimum absolute atomic E-state index is 0.0331. The molecule has 0 fully saturated rings. The van der Waals surface area contributed by atoms with Crippen molar-refractivity contribution in [2.75, 3.05) is 5.88 Å². The molecule has 2 aromatic carbocycles. The maximum absolute atomic E-state index is 12.5. The lowest BCUT2D eigenvalue weighted by Crippen LogP contribution is -2.40. The van der Waals surface area contributed by atoms with Crippen LogP contribution in [0.2, 0.25) is 0 Å². The lowest BCUT2D eigenvalue weighted by atomic mass is 9.86. The summed E-state index contributed by atoms with van der Waals surface area (Å²) in [6, 6.07) is 20.4. The Morgan fingerprint density at radius 2 is 1.77 bits per heavy atom. The van der Waals surface area contributed by atoms with E-state index in [-0.39, 0.29) is 17.8 Å². The number of hydrogen-bond donors (Lipinski definition) is 1. The molecule has 0 saturated heterocycles. The molecule has 3 nitrogen and oxygen atoms in total. The van der Waals surface area contributed by atoms with E-state index in [0.717, 1.165) is 30.5 Å². The van der Waals surface area contributed by atoms with Gasteiger partial charge in [0.25, 0.3) is 5.91 Å². The monoisotopic (exact) mass is 364 g/mol. The van der Waals surface area contributed by atoms with Gasteiger partial charge < -0.3 is 0 Å². The van der Waals surface area contributed by atoms with Crippen LogP contribution in [0.15, 0.2) is 77.5 Å². The Balaban J connectivity index is 1.77. The number of hydrogen-bond acceptors (Lipinski definition) is 2. The van der Waals surface area contributed by atoms with Crippen LogP contribution in [0, 0.1) is 0 Å². The third-order valence-corrected chi connectivity index (χ3v) is 5.22. The molecule has 1 aliphatic carbocycles. The number of nitrogens with zero attached hydrogens (tertiary/aromatic N) is 1. The van der Waals surface area contributed by atoms with Crippen LogP contribution in [0.4, 0.5) is 0 Å². The third-order valence-electron chi connectivity index (χ3n) is 4.99. The van der Waals surface area contributed by atoms with Gasteiger partial charge >= 0.3 is 0 Å². The molecule has 1 aliphatic heterocycles. The molecule has 1 atom stereocenters. The van der Waals surface area contributed by atoms with Gasteiger partial charge in [0.15, 0.2) is 0 Å². The Labute approximate surface area is 158 Å². The summed E-state index contributed by atoms with van der Waals surface area (Å²) in [6.07, 6.45) is 5.30. The molecule has 1 heterocycles. The predicted molar refractivity (Wildman–Crippen MR) is 105 cm³/mol. The summed E-state index contributed by atoms with van der Waals surface area (Å²) in [6.45, 7) is 0. The average molecular weight is 365 g/mol. The van der Waals surface area contributed by atoms with Crippen LogP contribution in [-0.2, 0) is 4.79 Å². The van der Waals surface area contributed by atoms with E-state index in [1.807, 2.05) is 36.4 Å². The summed E-state index contributed by atoms with van der Waals surface area (Å²) in [5.41, 5.74) is 9.29. The maximum Gasteiger partial charge on any atom is 0.256 e. The van der Waals surface area contributed by atoms with Crippen molar-refractivity contribution >= 4 is 23.6 Å². The van der Waals surface area contributed by atoms with Gasteiger partial charge in [0.2, 0.25) is 0 Å². The first-order valence-electron chi connectivity index (χ1n) is 8.96. The highest BCUT2D eigenvalue weighted by atomic mass is 35.5. The van der Waals surface area contributed by atoms with Crippen molar-refractivity contribution in [3.05, 3.63) is 88.6 Å². The SMILES string of the molecule is O=C(CCl)N1NC2=C(CCC/C2=C/c2ccccc2)[C@H]1c1ccccc1. The van der Waals surface area contributed by atoms with E-state index in [9.17, 15) is 4.79 Å². The number of rotatable bonds is 3. The smallest absolute Gasteiger partial charge is 0.256 e. The number of carbonyl (C=O) groups is 1. The molecular weight excluding hydrogens is 344 g/mol. The van der Waals surface area contributed by atoms with Crippen LogP contribution in [-0.4, -0.2) is 16.8 Å². The van der Waals surface area contributed by atoms with E-state index in [4.69, 9.17) is 11.6 Å². The fourth-order valence-corrected chi connectivity index (χ4v) is 3.96. The number of allylic oxidation sites excluding steroid dienone is 1. The summed E-state index contributed by atoms with van der Waals surface area (Å²) in [4.78, 5) is 12.5. The average Bonchev–Trinajstić information content (AvgIpc) is 3.09. The normalized spacial score (nSPS) is 20.9. The molecule has 132 valence electrons. The van der Waals surface area contributed by atoms with Crippen molar-refractivity contribution in [2.24, 2.45) is 0 Å². The third kappa shape index (κ3) is 3.15. The van der Waals surface area contributed by atoms with Crippen molar-refractivity contribution in [2.45, 2.75) is 25.3 Å². The molecule has 0 radical (unpaired) electrons. The molecule has 26 heavy (non-hydrogen) atoms. The topological polar surface area (TPSA) is 32.3 Å². The first-order valence-corrected chi connectivity index (χ1v) is 9.50. The number of halogens is 1. The molecule has 0 saturated carbocycles. The molecule has 0 bridgehead atoms. The number of carbonyl (C=O) groups excluding carboxylic acids is 1. The molecule has 4 rings (SSSR count). The molecule has 1 N–H and O–H groups in total. The van der Waals surface area contributed by atoms with Crippen molar-refractivity contribution in [1.29, 1.82) is 0 Å². The second-order valence-electron chi connectivity index (χ2n) is 6.66. The first kappa shape index (κ1) is 16.9. The van der Waals surface area contributed by atoms with Gasteiger partial charge in [0.05, 0.1) is 5.70 Å². The highest BCUT2D eigenvalue weighted by Gasteiger charge is 2.38. The highest BCUT2D eigenvalue weighted by molar-refractivity contribution is 6.27. The fourth-order valence-electron chi connectivity index (χ4n) is 3.83. The van der Waals surface area contributed by atoms with E-state index in [0.29, 0.717) is 0 Å². The van der Waals surface area contributed by atoms with E-state index < -0.39 is 0 Å². The van der Waals surface area contributed by atoms with Gasteiger partial charge in [0.1, 0.15) is 11.9 Å². The minimum atomic E-state index is -0.103. The lowest BCUT2D eigenvalue weighted by Gasteiger charge is -2.26. The molecule has 0 spiro atoms. The molecule has 0 unspecified atom stereocenters. The zero-order valence-electron chi connectivity index (χ0n) is 14.5. The lowest BCUT2D eigenvalue weighted by molar-refractivity contribution is -0.132. The van der Waals surface area contributed by atoms with E-state index >= 15 is 0 Å². The zero-order valence-corrected chi connectivity index (χ0v) is 15.2. The summed E-state index contributed by atoms with van der Waals surface area (Å²) >= 11 is 5.88. The summed E-state index contributed by atoms with van der Waals surface area (Å²) in [7, 11) is 0. The summed E-state index contributed by atoms with van der Waals surface area (Å²) < 4.78 is 0. The second-order valence-corrected chi connectivity index (χ2v) is 6.92. The highest BCUT2D eigenvalue weighted by Crippen LogP contribution is 2.43. The molecule has 1 amide bonds. The largest absolute Gasteiger partial charge is 0.295 e.